The van der Waals surface area contributed by atoms with Crippen LogP contribution in [0.25, 0.3) is 40.1 Å². The highest BCUT2D eigenvalue weighted by atomic mass is 32.1. The van der Waals surface area contributed by atoms with Gasteiger partial charge in [0.2, 0.25) is 4.96 Å². The van der Waals surface area contributed by atoms with Crippen LogP contribution in [0.4, 0.5) is 0 Å². The van der Waals surface area contributed by atoms with Crippen LogP contribution in [0.5, 0.6) is 11.5 Å². The highest BCUT2D eigenvalue weighted by Crippen LogP contribution is 2.26. The average Bonchev–Trinajstić information content (AvgIpc) is 3.75. The standard InChI is InChI=1S/C35H31N5O3S/c1-3-5-22-43-29-16-11-25(12-17-29)13-20-32-36-35-40(37-32)34(41)31(44-35)23-27-24-39(28-9-7-6-8-10-28)38-33(27)26-14-18-30(19-15-26)42-21-4-2/h4,6-20,23-24H,2-3,5,21-22H2,1H3/b20-13+,31-23-. The molecule has 3 heterocycles. The van der Waals surface area contributed by atoms with Crippen LogP contribution in [0.15, 0.2) is 103 Å². The molecule has 3 aromatic heterocycles. The Morgan fingerprint density at radius 1 is 0.909 bits per heavy atom. The first-order valence-electron chi connectivity index (χ1n) is 14.4. The largest absolute Gasteiger partial charge is 0.494 e. The second-order valence-corrected chi connectivity index (χ2v) is 11.0. The molecule has 0 bridgehead atoms. The van der Waals surface area contributed by atoms with Crippen molar-refractivity contribution in [3.63, 3.8) is 0 Å². The number of aromatic nitrogens is 5. The SMILES string of the molecule is C=CCOc1ccc(-c2nn(-c3ccccc3)cc2/C=c2\sc3nc(/C=C/c4ccc(OCCCC)cc4)nn3c2=O)cc1. The quantitative estimate of drug-likeness (QED) is 0.118. The van der Waals surface area contributed by atoms with Gasteiger partial charge in [-0.1, -0.05) is 73.7 Å². The van der Waals surface area contributed by atoms with Gasteiger partial charge in [-0.25, -0.2) is 4.68 Å². The molecule has 0 aliphatic carbocycles. The third kappa shape index (κ3) is 6.53. The molecule has 0 N–H and O–H groups in total. The Balaban J connectivity index is 1.29. The predicted molar refractivity (Wildman–Crippen MR) is 176 cm³/mol. The molecule has 220 valence electrons. The highest BCUT2D eigenvalue weighted by molar-refractivity contribution is 7.15. The number of unbranched alkanes of at least 4 members (excludes halogenated alkanes) is 1. The van der Waals surface area contributed by atoms with Gasteiger partial charge in [0.1, 0.15) is 23.8 Å². The zero-order chi connectivity index (χ0) is 30.3. The third-order valence-corrected chi connectivity index (χ3v) is 7.77. The minimum Gasteiger partial charge on any atom is -0.494 e. The van der Waals surface area contributed by atoms with Crippen molar-refractivity contribution in [2.45, 2.75) is 19.8 Å². The van der Waals surface area contributed by atoms with Crippen molar-refractivity contribution in [3.8, 4) is 28.4 Å². The van der Waals surface area contributed by atoms with Crippen molar-refractivity contribution >= 4 is 34.5 Å². The smallest absolute Gasteiger partial charge is 0.291 e. The summed E-state index contributed by atoms with van der Waals surface area (Å²) in [6, 6.07) is 25.4. The van der Waals surface area contributed by atoms with Crippen LogP contribution < -0.4 is 19.6 Å². The molecule has 0 atom stereocenters. The van der Waals surface area contributed by atoms with E-state index in [0.717, 1.165) is 52.4 Å². The lowest BCUT2D eigenvalue weighted by Crippen LogP contribution is -2.23. The molecule has 8 nitrogen and oxygen atoms in total. The first-order chi connectivity index (χ1) is 21.6. The van der Waals surface area contributed by atoms with Gasteiger partial charge in [0, 0.05) is 17.3 Å². The number of fused-ring (bicyclic) bond motifs is 1. The summed E-state index contributed by atoms with van der Waals surface area (Å²) in [7, 11) is 0. The van der Waals surface area contributed by atoms with Gasteiger partial charge in [0.05, 0.1) is 16.8 Å². The summed E-state index contributed by atoms with van der Waals surface area (Å²) in [6.45, 7) is 6.98. The minimum absolute atomic E-state index is 0.225. The fourth-order valence-electron chi connectivity index (χ4n) is 4.54. The molecule has 44 heavy (non-hydrogen) atoms. The van der Waals surface area contributed by atoms with Crippen molar-refractivity contribution in [2.75, 3.05) is 13.2 Å². The molecule has 0 saturated carbocycles. The summed E-state index contributed by atoms with van der Waals surface area (Å²) in [5.74, 6) is 2.06. The average molecular weight is 602 g/mol. The van der Waals surface area contributed by atoms with Crippen LogP contribution in [0.2, 0.25) is 0 Å². The van der Waals surface area contributed by atoms with Crippen LogP contribution in [-0.4, -0.2) is 37.6 Å². The summed E-state index contributed by atoms with van der Waals surface area (Å²) in [6.07, 6.45) is 11.3. The van der Waals surface area contributed by atoms with Crippen LogP contribution in [0.3, 0.4) is 0 Å². The Labute approximate surface area is 258 Å². The molecule has 6 rings (SSSR count). The van der Waals surface area contributed by atoms with Crippen LogP contribution in [-0.2, 0) is 0 Å². The van der Waals surface area contributed by atoms with E-state index in [1.807, 2.05) is 102 Å². The Morgan fingerprint density at radius 2 is 1.66 bits per heavy atom. The number of rotatable bonds is 12. The fraction of sp³-hybridized carbons (Fsp3) is 0.143. The predicted octanol–water partition coefficient (Wildman–Crippen LogP) is 6.47. The normalized spacial score (nSPS) is 11.9. The van der Waals surface area contributed by atoms with E-state index >= 15 is 0 Å². The van der Waals surface area contributed by atoms with E-state index in [1.54, 1.807) is 12.2 Å². The van der Waals surface area contributed by atoms with E-state index in [9.17, 15) is 4.79 Å². The molecule has 0 spiro atoms. The van der Waals surface area contributed by atoms with Crippen LogP contribution in [0.1, 0.15) is 36.7 Å². The number of nitrogens with zero attached hydrogens (tertiary/aromatic N) is 5. The van der Waals surface area contributed by atoms with E-state index < -0.39 is 0 Å². The van der Waals surface area contributed by atoms with E-state index in [-0.39, 0.29) is 5.56 Å². The topological polar surface area (TPSA) is 83.5 Å². The molecule has 0 amide bonds. The minimum atomic E-state index is -0.225. The van der Waals surface area contributed by atoms with Gasteiger partial charge >= 0.3 is 0 Å². The lowest BCUT2D eigenvalue weighted by molar-refractivity contribution is 0.309. The van der Waals surface area contributed by atoms with Crippen LogP contribution >= 0.6 is 11.3 Å². The Morgan fingerprint density at radius 3 is 2.39 bits per heavy atom. The van der Waals surface area contributed by atoms with Gasteiger partial charge in [-0.15, -0.1) is 5.10 Å². The number of benzene rings is 3. The lowest BCUT2D eigenvalue weighted by Gasteiger charge is -2.04. The Bertz CT molecular complexity index is 2010. The van der Waals surface area contributed by atoms with E-state index in [1.165, 1.54) is 15.9 Å². The van der Waals surface area contributed by atoms with Gasteiger partial charge in [-0.05, 0) is 72.7 Å². The van der Waals surface area contributed by atoms with E-state index in [4.69, 9.17) is 14.6 Å². The number of hydrogen-bond donors (Lipinski definition) is 0. The maximum absolute atomic E-state index is 13.4. The zero-order valence-corrected chi connectivity index (χ0v) is 25.1. The van der Waals surface area contributed by atoms with Crippen molar-refractivity contribution < 1.29 is 9.47 Å². The van der Waals surface area contributed by atoms with Crippen molar-refractivity contribution in [2.24, 2.45) is 0 Å². The zero-order valence-electron chi connectivity index (χ0n) is 24.3. The van der Waals surface area contributed by atoms with E-state index in [0.29, 0.717) is 28.5 Å². The molecule has 0 saturated heterocycles. The van der Waals surface area contributed by atoms with Gasteiger partial charge in [-0.2, -0.15) is 14.6 Å². The molecule has 0 radical (unpaired) electrons. The maximum atomic E-state index is 13.4. The van der Waals surface area contributed by atoms with Crippen molar-refractivity contribution in [1.29, 1.82) is 0 Å². The lowest BCUT2D eigenvalue weighted by atomic mass is 10.1. The number of para-hydroxylation sites is 1. The molecular weight excluding hydrogens is 570 g/mol. The van der Waals surface area contributed by atoms with Gasteiger partial charge in [-0.3, -0.25) is 4.79 Å². The molecule has 0 aliphatic rings. The summed E-state index contributed by atoms with van der Waals surface area (Å²) >= 11 is 1.30. The Kier molecular flexibility index (Phi) is 8.75. The van der Waals surface area contributed by atoms with Crippen molar-refractivity contribution in [1.82, 2.24) is 24.4 Å². The van der Waals surface area contributed by atoms with Gasteiger partial charge < -0.3 is 9.47 Å². The number of thiazole rings is 1. The summed E-state index contributed by atoms with van der Waals surface area (Å²) in [4.78, 5) is 18.5. The number of hydrogen-bond acceptors (Lipinski definition) is 7. The molecule has 0 aliphatic heterocycles. The number of ether oxygens (including phenoxy) is 2. The molecular formula is C35H31N5O3S. The van der Waals surface area contributed by atoms with Crippen molar-refractivity contribution in [3.05, 3.63) is 130 Å². The third-order valence-electron chi connectivity index (χ3n) is 6.82. The van der Waals surface area contributed by atoms with Gasteiger partial charge in [0.25, 0.3) is 5.56 Å². The molecule has 3 aromatic carbocycles. The first kappa shape index (κ1) is 28.8. The molecule has 0 fully saturated rings. The fourth-order valence-corrected chi connectivity index (χ4v) is 5.44. The summed E-state index contributed by atoms with van der Waals surface area (Å²) < 4.78 is 15.1. The molecule has 9 heteroatoms. The molecule has 0 unspecified atom stereocenters. The Hall–Kier alpha value is -5.28. The summed E-state index contributed by atoms with van der Waals surface area (Å²) in [5, 5.41) is 9.33. The summed E-state index contributed by atoms with van der Waals surface area (Å²) in [5.41, 5.74) is 4.13. The maximum Gasteiger partial charge on any atom is 0.291 e. The molecule has 6 aromatic rings. The van der Waals surface area contributed by atoms with E-state index in [2.05, 4.69) is 23.6 Å². The monoisotopic (exact) mass is 601 g/mol. The first-order valence-corrected chi connectivity index (χ1v) is 15.2. The highest BCUT2D eigenvalue weighted by Gasteiger charge is 2.14. The second-order valence-electron chi connectivity index (χ2n) is 10.0. The van der Waals surface area contributed by atoms with Crippen LogP contribution in [0, 0.1) is 0 Å². The second kappa shape index (κ2) is 13.4. The van der Waals surface area contributed by atoms with Gasteiger partial charge in [0.15, 0.2) is 5.82 Å².